The summed E-state index contributed by atoms with van der Waals surface area (Å²) in [5, 5.41) is 1.80. The number of fused-ring (bicyclic) bond motifs is 2. The maximum Gasteiger partial charge on any atom is 0.277 e. The number of aromatic nitrogens is 1. The van der Waals surface area contributed by atoms with Gasteiger partial charge in [0.25, 0.3) is 11.8 Å². The first-order valence-corrected chi connectivity index (χ1v) is 11.8. The first-order chi connectivity index (χ1) is 16.7. The van der Waals surface area contributed by atoms with Gasteiger partial charge in [0, 0.05) is 24.3 Å². The van der Waals surface area contributed by atoms with Crippen LogP contribution in [0.4, 0.5) is 8.78 Å². The molecule has 2 aliphatic heterocycles. The first kappa shape index (κ1) is 23.7. The molecule has 2 fully saturated rings. The largest absolute Gasteiger partial charge is 0.491 e. The van der Waals surface area contributed by atoms with Gasteiger partial charge >= 0.3 is 0 Å². The summed E-state index contributed by atoms with van der Waals surface area (Å²) in [4.78, 5) is 41.6. The predicted octanol–water partition coefficient (Wildman–Crippen LogP) is 3.40. The molecule has 35 heavy (non-hydrogen) atoms. The second-order valence-electron chi connectivity index (χ2n) is 9.09. The standard InChI is InChI=1S/C24H24ClF2N3O5/c1-12-7-9-35-24-8-3-4-16(24)29-11-14(20(31)21(34-2)19(29)23(33)30(12)24)22(32)28-10-13-5-6-15(26)17(25)18(13)27/h5-6,11-12,16H,3-4,7-10H2,1-2H3,(H,28,32)/t12-,16+,24+/m1/s1. The lowest BCUT2D eigenvalue weighted by Gasteiger charge is -2.54. The number of carbonyl (C=O) groups is 2. The van der Waals surface area contributed by atoms with Crippen molar-refractivity contribution in [2.24, 2.45) is 0 Å². The van der Waals surface area contributed by atoms with Crippen molar-refractivity contribution >= 4 is 23.4 Å². The number of rotatable bonds is 4. The van der Waals surface area contributed by atoms with Gasteiger partial charge in [-0.2, -0.15) is 0 Å². The van der Waals surface area contributed by atoms with Gasteiger partial charge in [0.1, 0.15) is 22.2 Å². The Kier molecular flexibility index (Phi) is 5.83. The SMILES string of the molecule is COc1c2n(cc(C(=O)NCc3ccc(F)c(Cl)c3F)c1=O)[C@H]1CCC[C@]13OCC[C@@H](C)N3C2=O. The number of amides is 2. The van der Waals surface area contributed by atoms with Crippen molar-refractivity contribution in [2.45, 2.75) is 57.0 Å². The van der Waals surface area contributed by atoms with Crippen molar-refractivity contribution in [1.82, 2.24) is 14.8 Å². The minimum absolute atomic E-state index is 0.0417. The molecule has 186 valence electrons. The molecule has 8 nitrogen and oxygen atoms in total. The molecule has 0 unspecified atom stereocenters. The number of methoxy groups -OCH3 is 1. The second kappa shape index (κ2) is 8.60. The van der Waals surface area contributed by atoms with Gasteiger partial charge < -0.3 is 24.3 Å². The average Bonchev–Trinajstić information content (AvgIpc) is 3.25. The zero-order chi connectivity index (χ0) is 25.1. The predicted molar refractivity (Wildman–Crippen MR) is 122 cm³/mol. The van der Waals surface area contributed by atoms with E-state index in [9.17, 15) is 23.2 Å². The average molecular weight is 508 g/mol. The molecule has 0 bridgehead atoms. The van der Waals surface area contributed by atoms with Crippen LogP contribution in [0.3, 0.4) is 0 Å². The monoisotopic (exact) mass is 507 g/mol. The number of benzene rings is 1. The molecule has 1 aromatic heterocycles. The maximum atomic E-state index is 14.3. The smallest absolute Gasteiger partial charge is 0.277 e. The van der Waals surface area contributed by atoms with E-state index < -0.39 is 33.7 Å². The molecule has 3 heterocycles. The van der Waals surface area contributed by atoms with Crippen LogP contribution in [0.1, 0.15) is 65.1 Å². The number of halogens is 3. The Morgan fingerprint density at radius 1 is 1.31 bits per heavy atom. The quantitative estimate of drug-likeness (QED) is 0.641. The van der Waals surface area contributed by atoms with Gasteiger partial charge in [-0.05, 0) is 38.7 Å². The molecule has 2 amide bonds. The third-order valence-corrected chi connectivity index (χ3v) is 7.57. The number of pyridine rings is 1. The van der Waals surface area contributed by atoms with Crippen LogP contribution in [0, 0.1) is 11.6 Å². The molecule has 5 rings (SSSR count). The zero-order valence-corrected chi connectivity index (χ0v) is 20.0. The third kappa shape index (κ3) is 3.45. The van der Waals surface area contributed by atoms with E-state index in [4.69, 9.17) is 21.1 Å². The van der Waals surface area contributed by atoms with Crippen molar-refractivity contribution in [3.8, 4) is 5.75 Å². The van der Waals surface area contributed by atoms with Crippen LogP contribution in [0.15, 0.2) is 23.1 Å². The fraction of sp³-hybridized carbons (Fsp3) is 0.458. The topological polar surface area (TPSA) is 89.9 Å². The Hall–Kier alpha value is -2.98. The summed E-state index contributed by atoms with van der Waals surface area (Å²) in [5.74, 6) is -3.30. The molecule has 2 aromatic rings. The Bertz CT molecular complexity index is 1300. The van der Waals surface area contributed by atoms with E-state index >= 15 is 0 Å². The summed E-state index contributed by atoms with van der Waals surface area (Å²) in [6, 6.07) is 1.78. The van der Waals surface area contributed by atoms with Crippen LogP contribution >= 0.6 is 11.6 Å². The number of ether oxygens (including phenoxy) is 2. The van der Waals surface area contributed by atoms with Crippen molar-refractivity contribution in [3.63, 3.8) is 0 Å². The molecule has 1 aromatic carbocycles. The van der Waals surface area contributed by atoms with Gasteiger partial charge in [-0.15, -0.1) is 0 Å². The number of nitrogens with zero attached hydrogens (tertiary/aromatic N) is 2. The van der Waals surface area contributed by atoms with E-state index in [2.05, 4.69) is 5.32 Å². The molecule has 1 aliphatic carbocycles. The fourth-order valence-corrected chi connectivity index (χ4v) is 5.78. The number of carbonyl (C=O) groups excluding carboxylic acids is 2. The highest BCUT2D eigenvalue weighted by Gasteiger charge is 2.59. The van der Waals surface area contributed by atoms with E-state index in [0.29, 0.717) is 25.9 Å². The van der Waals surface area contributed by atoms with Crippen molar-refractivity contribution in [2.75, 3.05) is 13.7 Å². The summed E-state index contributed by atoms with van der Waals surface area (Å²) < 4.78 is 40.9. The lowest BCUT2D eigenvalue weighted by Crippen LogP contribution is -2.66. The number of hydrogen-bond donors (Lipinski definition) is 1. The molecule has 1 saturated carbocycles. The van der Waals surface area contributed by atoms with E-state index in [-0.39, 0.29) is 47.1 Å². The molecule has 0 radical (unpaired) electrons. The lowest BCUT2D eigenvalue weighted by atomic mass is 9.93. The summed E-state index contributed by atoms with van der Waals surface area (Å²) >= 11 is 5.61. The summed E-state index contributed by atoms with van der Waals surface area (Å²) in [5.41, 5.74) is -1.81. The zero-order valence-electron chi connectivity index (χ0n) is 19.2. The van der Waals surface area contributed by atoms with E-state index in [0.717, 1.165) is 18.6 Å². The van der Waals surface area contributed by atoms with Gasteiger partial charge in [0.2, 0.25) is 5.43 Å². The van der Waals surface area contributed by atoms with Gasteiger partial charge in [-0.3, -0.25) is 14.4 Å². The van der Waals surface area contributed by atoms with Crippen LogP contribution in [-0.2, 0) is 11.3 Å². The van der Waals surface area contributed by atoms with Crippen LogP contribution < -0.4 is 15.5 Å². The Morgan fingerprint density at radius 2 is 2.09 bits per heavy atom. The van der Waals surface area contributed by atoms with Crippen LogP contribution in [-0.4, -0.2) is 46.8 Å². The Balaban J connectivity index is 1.55. The molecule has 1 saturated heterocycles. The molecular weight excluding hydrogens is 484 g/mol. The highest BCUT2D eigenvalue weighted by Crippen LogP contribution is 2.52. The summed E-state index contributed by atoms with van der Waals surface area (Å²) in [6.45, 7) is 2.14. The van der Waals surface area contributed by atoms with Crippen LogP contribution in [0.2, 0.25) is 5.02 Å². The normalized spacial score (nSPS) is 25.1. The molecule has 1 N–H and O–H groups in total. The van der Waals surface area contributed by atoms with E-state index in [1.54, 1.807) is 9.47 Å². The molecule has 1 spiro atoms. The van der Waals surface area contributed by atoms with E-state index in [1.165, 1.54) is 13.3 Å². The van der Waals surface area contributed by atoms with Gasteiger partial charge in [-0.25, -0.2) is 8.78 Å². The molecular formula is C24H24ClF2N3O5. The van der Waals surface area contributed by atoms with Gasteiger partial charge in [0.05, 0.1) is 19.8 Å². The van der Waals surface area contributed by atoms with Crippen molar-refractivity contribution in [1.29, 1.82) is 0 Å². The Labute approximate surface area is 204 Å². The fourth-order valence-electron chi connectivity index (χ4n) is 5.60. The Morgan fingerprint density at radius 3 is 2.83 bits per heavy atom. The maximum absolute atomic E-state index is 14.3. The minimum Gasteiger partial charge on any atom is -0.491 e. The molecule has 3 aliphatic rings. The number of nitrogens with one attached hydrogen (secondary N) is 1. The first-order valence-electron chi connectivity index (χ1n) is 11.4. The van der Waals surface area contributed by atoms with Crippen molar-refractivity contribution < 1.29 is 27.8 Å². The lowest BCUT2D eigenvalue weighted by molar-refractivity contribution is -0.204. The van der Waals surface area contributed by atoms with Crippen LogP contribution in [0.25, 0.3) is 0 Å². The third-order valence-electron chi connectivity index (χ3n) is 7.22. The number of hydrogen-bond acceptors (Lipinski definition) is 5. The minimum atomic E-state index is -0.992. The van der Waals surface area contributed by atoms with Crippen LogP contribution in [0.5, 0.6) is 5.75 Å². The van der Waals surface area contributed by atoms with Crippen molar-refractivity contribution in [3.05, 3.63) is 62.0 Å². The van der Waals surface area contributed by atoms with E-state index in [1.807, 2.05) is 6.92 Å². The highest BCUT2D eigenvalue weighted by atomic mass is 35.5. The van der Waals surface area contributed by atoms with Gasteiger partial charge in [0.15, 0.2) is 17.2 Å². The second-order valence-corrected chi connectivity index (χ2v) is 9.47. The summed E-state index contributed by atoms with van der Waals surface area (Å²) in [7, 11) is 1.27. The molecule has 11 heteroatoms. The summed E-state index contributed by atoms with van der Waals surface area (Å²) in [6.07, 6.45) is 4.18. The van der Waals surface area contributed by atoms with Gasteiger partial charge in [-0.1, -0.05) is 17.7 Å². The highest BCUT2D eigenvalue weighted by molar-refractivity contribution is 6.30. The molecule has 3 atom stereocenters.